The quantitative estimate of drug-likeness (QED) is 0.167. The first-order valence-electron chi connectivity index (χ1n) is 7.82. The molecule has 2 N–H and O–H groups in total. The highest BCUT2D eigenvalue weighted by atomic mass is 35.5. The van der Waals surface area contributed by atoms with E-state index in [1.165, 1.54) is 0 Å². The van der Waals surface area contributed by atoms with Gasteiger partial charge in [-0.25, -0.2) is 0 Å². The number of hydrogen-bond donors (Lipinski definition) is 2. The molecule has 0 fully saturated rings. The smallest absolute Gasteiger partial charge is 0.165 e. The first kappa shape index (κ1) is 20.1. The number of carbonyl (C=O) groups is 1. The van der Waals surface area contributed by atoms with E-state index in [4.69, 9.17) is 16.6 Å². The third-order valence-corrected chi connectivity index (χ3v) is 3.91. The maximum atomic E-state index is 11.1. The zero-order valence-corrected chi connectivity index (χ0v) is 15.4. The van der Waals surface area contributed by atoms with Gasteiger partial charge in [-0.1, -0.05) is 29.3 Å². The van der Waals surface area contributed by atoms with Crippen molar-refractivity contribution in [3.05, 3.63) is 59.2 Å². The molecule has 0 bridgehead atoms. The van der Waals surface area contributed by atoms with E-state index in [0.29, 0.717) is 17.4 Å². The molecule has 0 heterocycles. The second kappa shape index (κ2) is 10.7. The molecule has 1 atom stereocenters. The molecular weight excluding hydrogens is 326 g/mol. The molecule has 0 saturated heterocycles. The highest BCUT2D eigenvalue weighted by Gasteiger charge is 2.10. The Morgan fingerprint density at radius 3 is 2.71 bits per heavy atom. The zero-order chi connectivity index (χ0) is 17.9. The van der Waals surface area contributed by atoms with Gasteiger partial charge in [0, 0.05) is 38.6 Å². The van der Waals surface area contributed by atoms with Crippen molar-refractivity contribution in [3.8, 4) is 0 Å². The van der Waals surface area contributed by atoms with E-state index in [9.17, 15) is 4.79 Å². The molecule has 24 heavy (non-hydrogen) atoms. The van der Waals surface area contributed by atoms with Gasteiger partial charge in [-0.05, 0) is 43.4 Å². The fourth-order valence-corrected chi connectivity index (χ4v) is 2.46. The number of rotatable bonds is 9. The molecule has 0 radical (unpaired) electrons. The van der Waals surface area contributed by atoms with Crippen LogP contribution in [0.1, 0.15) is 20.3 Å². The van der Waals surface area contributed by atoms with Gasteiger partial charge in [-0.2, -0.15) is 0 Å². The van der Waals surface area contributed by atoms with Gasteiger partial charge in [0.25, 0.3) is 0 Å². The Labute approximate surface area is 149 Å². The van der Waals surface area contributed by atoms with E-state index < -0.39 is 0 Å². The Morgan fingerprint density at radius 2 is 2.17 bits per heavy atom. The molecule has 1 aliphatic rings. The van der Waals surface area contributed by atoms with Gasteiger partial charge in [0.15, 0.2) is 6.29 Å². The van der Waals surface area contributed by atoms with E-state index in [1.807, 2.05) is 20.2 Å². The summed E-state index contributed by atoms with van der Waals surface area (Å²) in [5.41, 5.74) is 2.23. The Bertz CT molecular complexity index is 577. The predicted octanol–water partition coefficient (Wildman–Crippen LogP) is 3.21. The van der Waals surface area contributed by atoms with E-state index >= 15 is 0 Å². The van der Waals surface area contributed by atoms with Crippen LogP contribution < -0.4 is 10.3 Å². The minimum Gasteiger partial charge on any atom is -0.398 e. The van der Waals surface area contributed by atoms with Gasteiger partial charge in [0.05, 0.1) is 5.70 Å². The van der Waals surface area contributed by atoms with Crippen LogP contribution in [0.15, 0.2) is 59.2 Å². The average molecular weight is 352 g/mol. The number of aldehydes is 1. The number of nitrogens with zero attached hydrogens (tertiary/aromatic N) is 1. The molecular formula is C18H26ClN3O2. The SMILES string of the molecule is CN/C(C=O)=C/C(=C\N(C)CC1C=CC=CC1)C(/C)=C(\C)ONCl. The highest BCUT2D eigenvalue weighted by molar-refractivity contribution is 6.12. The third-order valence-electron chi connectivity index (χ3n) is 3.83. The summed E-state index contributed by atoms with van der Waals surface area (Å²) in [5, 5.41) is 2.87. The van der Waals surface area contributed by atoms with Crippen LogP contribution in [0, 0.1) is 5.92 Å². The molecule has 1 rings (SSSR count). The van der Waals surface area contributed by atoms with Crippen LogP contribution in [-0.2, 0) is 9.63 Å². The van der Waals surface area contributed by atoms with Crippen molar-refractivity contribution < 1.29 is 9.63 Å². The fraction of sp³-hybridized carbons (Fsp3) is 0.389. The van der Waals surface area contributed by atoms with E-state index in [0.717, 1.165) is 30.4 Å². The largest absolute Gasteiger partial charge is 0.398 e. The molecule has 0 amide bonds. The van der Waals surface area contributed by atoms with Crippen molar-refractivity contribution in [1.82, 2.24) is 15.2 Å². The molecule has 0 aliphatic heterocycles. The summed E-state index contributed by atoms with van der Waals surface area (Å²) in [5.74, 6) is 1.10. The fourth-order valence-electron chi connectivity index (χ4n) is 2.34. The van der Waals surface area contributed by atoms with Crippen molar-refractivity contribution in [2.75, 3.05) is 20.6 Å². The van der Waals surface area contributed by atoms with Crippen molar-refractivity contribution in [2.24, 2.45) is 5.92 Å². The number of nitrogens with one attached hydrogen (secondary N) is 2. The van der Waals surface area contributed by atoms with Crippen LogP contribution in [0.25, 0.3) is 0 Å². The average Bonchev–Trinajstić information content (AvgIpc) is 2.59. The minimum atomic E-state index is 0.475. The molecule has 6 heteroatoms. The summed E-state index contributed by atoms with van der Waals surface area (Å²) < 4.78 is 0. The zero-order valence-electron chi connectivity index (χ0n) is 14.7. The third kappa shape index (κ3) is 6.64. The first-order valence-corrected chi connectivity index (χ1v) is 8.20. The molecule has 5 nitrogen and oxygen atoms in total. The normalized spacial score (nSPS) is 19.0. The maximum Gasteiger partial charge on any atom is 0.165 e. The monoisotopic (exact) mass is 351 g/mol. The standard InChI is InChI=1S/C18H26ClN3O2/c1-14(15(2)24-21-19)17(10-18(13-23)20-3)12-22(4)11-16-8-6-5-7-9-16/h5-8,10,12-13,16,20-21H,9,11H2,1-4H3/b15-14+,17-12+,18-10+. The maximum absolute atomic E-state index is 11.1. The van der Waals surface area contributed by atoms with Crippen LogP contribution in [0.4, 0.5) is 0 Å². The van der Waals surface area contributed by atoms with Crippen molar-refractivity contribution in [3.63, 3.8) is 0 Å². The van der Waals surface area contributed by atoms with Crippen molar-refractivity contribution >= 4 is 18.1 Å². The van der Waals surface area contributed by atoms with E-state index in [-0.39, 0.29) is 0 Å². The van der Waals surface area contributed by atoms with Crippen LogP contribution in [0.2, 0.25) is 0 Å². The van der Waals surface area contributed by atoms with Gasteiger partial charge in [0.1, 0.15) is 5.76 Å². The summed E-state index contributed by atoms with van der Waals surface area (Å²) in [4.78, 5) is 20.5. The lowest BCUT2D eigenvalue weighted by atomic mass is 10.0. The van der Waals surface area contributed by atoms with Crippen molar-refractivity contribution in [2.45, 2.75) is 20.3 Å². The summed E-state index contributed by atoms with van der Waals surface area (Å²) in [6.45, 7) is 4.61. The second-order valence-electron chi connectivity index (χ2n) is 5.66. The molecule has 0 aromatic heterocycles. The number of hydrogen-bond acceptors (Lipinski definition) is 5. The Balaban J connectivity index is 3.04. The highest BCUT2D eigenvalue weighted by Crippen LogP contribution is 2.19. The molecule has 132 valence electrons. The second-order valence-corrected chi connectivity index (χ2v) is 5.82. The van der Waals surface area contributed by atoms with Crippen LogP contribution in [0.3, 0.4) is 0 Å². The van der Waals surface area contributed by atoms with E-state index in [2.05, 4.69) is 39.5 Å². The summed E-state index contributed by atoms with van der Waals surface area (Å²) in [7, 11) is 3.73. The Morgan fingerprint density at radius 1 is 1.42 bits per heavy atom. The van der Waals surface area contributed by atoms with E-state index in [1.54, 1.807) is 20.0 Å². The predicted molar refractivity (Wildman–Crippen MR) is 98.8 cm³/mol. The van der Waals surface area contributed by atoms with Gasteiger partial charge in [0.2, 0.25) is 0 Å². The van der Waals surface area contributed by atoms with Gasteiger partial charge in [-0.3, -0.25) is 4.79 Å². The van der Waals surface area contributed by atoms with Crippen LogP contribution in [-0.4, -0.2) is 31.8 Å². The minimum absolute atomic E-state index is 0.475. The topological polar surface area (TPSA) is 53.6 Å². The van der Waals surface area contributed by atoms with Crippen LogP contribution in [0.5, 0.6) is 0 Å². The Hall–Kier alpha value is -1.98. The number of halogens is 1. The van der Waals surface area contributed by atoms with Gasteiger partial charge < -0.3 is 15.1 Å². The summed E-state index contributed by atoms with van der Waals surface area (Å²) >= 11 is 5.41. The first-order chi connectivity index (χ1) is 11.5. The molecule has 0 aromatic rings. The molecule has 0 saturated carbocycles. The summed E-state index contributed by atoms with van der Waals surface area (Å²) in [6, 6.07) is 0. The van der Waals surface area contributed by atoms with Crippen LogP contribution >= 0.6 is 11.8 Å². The lowest BCUT2D eigenvalue weighted by Gasteiger charge is -2.22. The van der Waals surface area contributed by atoms with Gasteiger partial charge in [-0.15, -0.1) is 0 Å². The Kier molecular flexibility index (Phi) is 8.97. The molecule has 1 unspecified atom stereocenters. The number of likely N-dealkylation sites (N-methyl/N-ethyl adjacent to an activating group) is 1. The summed E-state index contributed by atoms with van der Waals surface area (Å²) in [6.07, 6.45) is 14.1. The number of carbonyl (C=O) groups excluding carboxylic acids is 1. The lowest BCUT2D eigenvalue weighted by Crippen LogP contribution is -2.21. The molecule has 1 aliphatic carbocycles. The molecule has 0 spiro atoms. The van der Waals surface area contributed by atoms with Crippen molar-refractivity contribution in [1.29, 1.82) is 0 Å². The number of allylic oxidation sites excluding steroid dienone is 8. The lowest BCUT2D eigenvalue weighted by molar-refractivity contribution is -0.105. The molecule has 0 aromatic carbocycles. The van der Waals surface area contributed by atoms with Gasteiger partial charge >= 0.3 is 0 Å².